The number of benzene rings is 3. The molecule has 14 heteroatoms. The van der Waals surface area contributed by atoms with E-state index in [9.17, 15) is 25.2 Å². The van der Waals surface area contributed by atoms with Crippen LogP contribution in [0, 0.1) is 0 Å². The number of aliphatic hydroxyl groups is 3. The molecule has 1 amide bonds. The number of hydrogen-bond acceptors (Lipinski definition) is 11. The van der Waals surface area contributed by atoms with Crippen LogP contribution >= 0.6 is 0 Å². The van der Waals surface area contributed by atoms with Crippen LogP contribution in [-0.2, 0) is 18.8 Å². The Bertz CT molecular complexity index is 1800. The number of piperazine rings is 1. The maximum Gasteiger partial charge on any atom is 0.494 e. The molecule has 4 atom stereocenters. The lowest BCUT2D eigenvalue weighted by atomic mass is 9.78. The van der Waals surface area contributed by atoms with Crippen LogP contribution in [0.4, 0.5) is 11.4 Å². The maximum atomic E-state index is 12.7. The molecule has 3 fully saturated rings. The Kier molecular flexibility index (Phi) is 9.07. The summed E-state index contributed by atoms with van der Waals surface area (Å²) in [5.74, 6) is -2.14. The van der Waals surface area contributed by atoms with Crippen LogP contribution in [0.25, 0.3) is 10.9 Å². The first kappa shape index (κ1) is 32.4. The van der Waals surface area contributed by atoms with Gasteiger partial charge < -0.3 is 49.7 Å². The number of carbonyl (C=O) groups is 1. The number of aromatic amines is 1. The molecular formula is C34H38BN5O8. The summed E-state index contributed by atoms with van der Waals surface area (Å²) in [6.07, 6.45) is -2.64. The molecule has 7 rings (SSSR count). The Labute approximate surface area is 277 Å². The molecule has 0 radical (unpaired) electrons. The number of anilines is 1. The molecule has 0 aliphatic carbocycles. The number of aliphatic imine (C=N–C) groups is 1. The summed E-state index contributed by atoms with van der Waals surface area (Å²) in [6.45, 7) is 2.82. The van der Waals surface area contributed by atoms with Gasteiger partial charge in [0.15, 0.2) is 5.88 Å². The summed E-state index contributed by atoms with van der Waals surface area (Å²) in [5.41, 5.74) is 4.33. The van der Waals surface area contributed by atoms with Gasteiger partial charge in [0.2, 0.25) is 11.7 Å². The molecule has 3 aromatic carbocycles. The van der Waals surface area contributed by atoms with E-state index in [2.05, 4.69) is 27.1 Å². The molecule has 0 unspecified atom stereocenters. The predicted octanol–water partition coefficient (Wildman–Crippen LogP) is 0.780. The van der Waals surface area contributed by atoms with Crippen LogP contribution in [0.15, 0.2) is 77.8 Å². The first-order chi connectivity index (χ1) is 23.2. The number of nitrogens with one attached hydrogen (secondary N) is 2. The van der Waals surface area contributed by atoms with Crippen LogP contribution < -0.4 is 10.8 Å². The summed E-state index contributed by atoms with van der Waals surface area (Å²) in [5, 5.41) is 45.0. The Morgan fingerprint density at radius 1 is 1.04 bits per heavy atom. The van der Waals surface area contributed by atoms with Gasteiger partial charge in [-0.25, -0.2) is 4.99 Å². The lowest BCUT2D eigenvalue weighted by Crippen LogP contribution is -2.47. The Hall–Kier alpha value is -4.12. The van der Waals surface area contributed by atoms with Crippen molar-refractivity contribution < 1.29 is 39.3 Å². The normalized spacial score (nSPS) is 25.1. The Morgan fingerprint density at radius 2 is 1.79 bits per heavy atom. The van der Waals surface area contributed by atoms with Gasteiger partial charge in [0.25, 0.3) is 0 Å². The van der Waals surface area contributed by atoms with E-state index in [0.29, 0.717) is 45.6 Å². The number of amides is 1. The van der Waals surface area contributed by atoms with Gasteiger partial charge in [-0.2, -0.15) is 0 Å². The number of nitrogens with zero attached hydrogens (tertiary/aromatic N) is 3. The third-order valence-corrected chi connectivity index (χ3v) is 9.14. The number of rotatable bonds is 9. The van der Waals surface area contributed by atoms with Crippen LogP contribution in [0.3, 0.4) is 0 Å². The first-order valence-corrected chi connectivity index (χ1v) is 16.0. The van der Waals surface area contributed by atoms with Gasteiger partial charge in [-0.15, -0.1) is 0 Å². The monoisotopic (exact) mass is 655 g/mol. The second-order valence-electron chi connectivity index (χ2n) is 12.5. The number of aromatic nitrogens is 1. The van der Waals surface area contributed by atoms with Gasteiger partial charge in [0.1, 0.15) is 18.3 Å². The molecule has 250 valence electrons. The number of carbonyl (C=O) groups excluding carboxylic acids is 1. The highest BCUT2D eigenvalue weighted by Crippen LogP contribution is 2.38. The number of likely N-dealkylation sites (N-methyl/N-ethyl adjacent to an activating group) is 1. The number of aliphatic hydroxyl groups excluding tert-OH is 2. The van der Waals surface area contributed by atoms with Crippen LogP contribution in [0.5, 0.6) is 5.88 Å². The average Bonchev–Trinajstić information content (AvgIpc) is 3.76. The van der Waals surface area contributed by atoms with E-state index in [-0.39, 0.29) is 11.8 Å². The van der Waals surface area contributed by atoms with Gasteiger partial charge in [-0.05, 0) is 42.8 Å². The number of ether oxygens (including phenoxy) is 1. The van der Waals surface area contributed by atoms with Crippen molar-refractivity contribution in [1.82, 2.24) is 14.8 Å². The fourth-order valence-electron chi connectivity index (χ4n) is 6.53. The van der Waals surface area contributed by atoms with Crippen LogP contribution in [0.2, 0.25) is 0 Å². The van der Waals surface area contributed by atoms with Crippen molar-refractivity contribution in [2.45, 2.75) is 24.1 Å². The zero-order valence-corrected chi connectivity index (χ0v) is 26.5. The minimum atomic E-state index is -2.00. The van der Waals surface area contributed by atoms with E-state index in [4.69, 9.17) is 19.0 Å². The molecule has 4 heterocycles. The highest BCUT2D eigenvalue weighted by Gasteiger charge is 2.61. The molecule has 0 saturated carbocycles. The Balaban J connectivity index is 1.14. The van der Waals surface area contributed by atoms with Crippen molar-refractivity contribution in [2.75, 3.05) is 58.3 Å². The largest absolute Gasteiger partial charge is 0.494 e. The van der Waals surface area contributed by atoms with Gasteiger partial charge in [-0.3, -0.25) is 9.69 Å². The van der Waals surface area contributed by atoms with E-state index in [0.717, 1.165) is 31.7 Å². The summed E-state index contributed by atoms with van der Waals surface area (Å²) < 4.78 is 17.4. The third kappa shape index (κ3) is 6.36. The fraction of sp³-hybridized carbons (Fsp3) is 0.353. The van der Waals surface area contributed by atoms with Crippen molar-refractivity contribution >= 4 is 46.5 Å². The quantitative estimate of drug-likeness (QED) is 0.112. The summed E-state index contributed by atoms with van der Waals surface area (Å²) >= 11 is 0. The molecule has 0 bridgehead atoms. The highest BCUT2D eigenvalue weighted by atomic mass is 16.7. The molecule has 1 aromatic heterocycles. The van der Waals surface area contributed by atoms with E-state index < -0.39 is 44.4 Å². The maximum absolute atomic E-state index is 12.7. The number of fused-ring (bicyclic) bond motifs is 2. The summed E-state index contributed by atoms with van der Waals surface area (Å²) in [6, 6.07) is 22.2. The molecule has 48 heavy (non-hydrogen) atoms. The fourth-order valence-corrected chi connectivity index (χ4v) is 6.53. The van der Waals surface area contributed by atoms with Crippen LogP contribution in [0.1, 0.15) is 11.1 Å². The minimum Gasteiger partial charge on any atom is -0.494 e. The number of H-pyrrole nitrogens is 1. The van der Waals surface area contributed by atoms with Gasteiger partial charge in [0.05, 0.1) is 36.7 Å². The molecule has 6 N–H and O–H groups in total. The lowest BCUT2D eigenvalue weighted by molar-refractivity contribution is -0.244. The summed E-state index contributed by atoms with van der Waals surface area (Å²) in [4.78, 5) is 25.1. The van der Waals surface area contributed by atoms with Crippen LogP contribution in [-0.4, -0.2) is 131 Å². The highest BCUT2D eigenvalue weighted by molar-refractivity contribution is 6.62. The third-order valence-electron chi connectivity index (χ3n) is 9.14. The molecule has 3 aliphatic heterocycles. The molecule has 4 aromatic rings. The standard InChI is InChI=1S/C34H38BN5O8/c1-39-13-15-40(16-14-39)18-28(43)36-23-8-10-24(11-9-23)37-30(21-5-3-2-4-6-21)29-25-12-7-22(17-26(25)38-33(29)44)35-47-31-27(19-41)46-34(45,20-42)32(31)48-35/h2-12,17,27,31-32,38,41-42,44-45H,13-16,18-20H2,1H3,(H,36,43)/t27-,31-,32+,34+/m1/s1. The molecule has 0 spiro atoms. The first-order valence-electron chi connectivity index (χ1n) is 16.0. The second-order valence-corrected chi connectivity index (χ2v) is 12.5. The zero-order valence-electron chi connectivity index (χ0n) is 26.5. The predicted molar refractivity (Wildman–Crippen MR) is 180 cm³/mol. The van der Waals surface area contributed by atoms with Gasteiger partial charge in [-0.1, -0.05) is 42.5 Å². The molecule has 3 saturated heterocycles. The van der Waals surface area contributed by atoms with E-state index in [1.165, 1.54) is 0 Å². The number of hydrogen-bond donors (Lipinski definition) is 6. The lowest BCUT2D eigenvalue weighted by Gasteiger charge is -2.31. The van der Waals surface area contributed by atoms with E-state index in [1.54, 1.807) is 12.1 Å². The summed E-state index contributed by atoms with van der Waals surface area (Å²) in [7, 11) is 1.18. The van der Waals surface area contributed by atoms with Crippen molar-refractivity contribution in [3.05, 3.63) is 83.9 Å². The molecule has 3 aliphatic rings. The van der Waals surface area contributed by atoms with Gasteiger partial charge in [0, 0.05) is 48.3 Å². The van der Waals surface area contributed by atoms with Crippen molar-refractivity contribution in [3.8, 4) is 5.88 Å². The molecule has 13 nitrogen and oxygen atoms in total. The van der Waals surface area contributed by atoms with E-state index in [1.807, 2.05) is 60.7 Å². The van der Waals surface area contributed by atoms with Gasteiger partial charge >= 0.3 is 7.12 Å². The van der Waals surface area contributed by atoms with Crippen molar-refractivity contribution in [2.24, 2.45) is 4.99 Å². The topological polar surface area (TPSA) is 172 Å². The van der Waals surface area contributed by atoms with Crippen molar-refractivity contribution in [1.29, 1.82) is 0 Å². The Morgan fingerprint density at radius 3 is 2.50 bits per heavy atom. The smallest absolute Gasteiger partial charge is 0.494 e. The SMILES string of the molecule is CN1CCN(CC(=O)Nc2ccc(N=C(c3ccccc3)c3c(O)[nH]c4cc(B5O[C@@H]6[C@@H](CO)O[C@@](O)(CO)[C@H]6O5)ccc34)cc2)CC1. The number of aromatic hydroxyl groups is 1. The second kappa shape index (κ2) is 13.4. The minimum absolute atomic E-state index is 0.0638. The van der Waals surface area contributed by atoms with E-state index >= 15 is 0 Å². The molecular weight excluding hydrogens is 617 g/mol. The van der Waals surface area contributed by atoms with Crippen molar-refractivity contribution in [3.63, 3.8) is 0 Å². The average molecular weight is 656 g/mol. The zero-order chi connectivity index (χ0) is 33.4.